The van der Waals surface area contributed by atoms with E-state index < -0.39 is 18.2 Å². The molecule has 0 unspecified atom stereocenters. The summed E-state index contributed by atoms with van der Waals surface area (Å²) in [5, 5.41) is 18.6. The van der Waals surface area contributed by atoms with Gasteiger partial charge >= 0.3 is 0 Å². The number of halogens is 2. The Morgan fingerprint density at radius 3 is 2.71 bits per heavy atom. The lowest BCUT2D eigenvalue weighted by atomic mass is 10.1. The minimum absolute atomic E-state index is 0.0596. The number of aromatic nitrogens is 3. The highest BCUT2D eigenvalue weighted by molar-refractivity contribution is 5.83. The van der Waals surface area contributed by atoms with E-state index in [1.54, 1.807) is 0 Å². The molecule has 0 amide bonds. The van der Waals surface area contributed by atoms with Gasteiger partial charge in [-0.2, -0.15) is 5.26 Å². The maximum Gasteiger partial charge on any atom is 0.147 e. The maximum absolute atomic E-state index is 14.0. The number of hydrogen-bond acceptors (Lipinski definition) is 4. The first-order valence-corrected chi connectivity index (χ1v) is 7.49. The lowest BCUT2D eigenvalue weighted by molar-refractivity contribution is 0.276. The maximum atomic E-state index is 14.0. The van der Waals surface area contributed by atoms with Gasteiger partial charge < -0.3 is 9.67 Å². The van der Waals surface area contributed by atoms with Gasteiger partial charge in [0.1, 0.15) is 23.5 Å². The van der Waals surface area contributed by atoms with Crippen molar-refractivity contribution in [2.24, 2.45) is 0 Å². The summed E-state index contributed by atoms with van der Waals surface area (Å²) in [5.41, 5.74) is 1.43. The fourth-order valence-electron chi connectivity index (χ4n) is 2.91. The topological polar surface area (TPSA) is 74.7 Å². The molecule has 1 aliphatic rings. The highest BCUT2D eigenvalue weighted by atomic mass is 19.1. The van der Waals surface area contributed by atoms with E-state index in [2.05, 4.69) is 9.97 Å². The molecular formula is C17H12F2N4O. The van der Waals surface area contributed by atoms with E-state index in [0.29, 0.717) is 22.4 Å². The Hall–Kier alpha value is -2.85. The Bertz CT molecular complexity index is 1000. The van der Waals surface area contributed by atoms with Crippen molar-refractivity contribution in [2.75, 3.05) is 0 Å². The Labute approximate surface area is 135 Å². The Morgan fingerprint density at radius 2 is 2.04 bits per heavy atom. The molecule has 7 heteroatoms. The van der Waals surface area contributed by atoms with Crippen LogP contribution in [-0.4, -0.2) is 19.6 Å². The monoisotopic (exact) mass is 326 g/mol. The zero-order valence-electron chi connectivity index (χ0n) is 12.5. The van der Waals surface area contributed by atoms with Gasteiger partial charge in [-0.05, 0) is 18.9 Å². The average Bonchev–Trinajstić information content (AvgIpc) is 3.35. The number of aliphatic hydroxyl groups is 1. The number of benzene rings is 1. The van der Waals surface area contributed by atoms with E-state index in [9.17, 15) is 13.9 Å². The standard InChI is InChI=1S/C17H12F2N4O/c18-13-4-15-16(3-9(13)5-20)23(10-1-2-10)17(22-15)11-6-21-7-14(19)12(11)8-24/h3-4,6-7,10,24H,1-2,8H2. The molecule has 3 aromatic rings. The lowest BCUT2D eigenvalue weighted by Gasteiger charge is -2.11. The fraction of sp³-hybridized carbons (Fsp3) is 0.235. The molecule has 0 saturated heterocycles. The van der Waals surface area contributed by atoms with E-state index in [0.717, 1.165) is 19.0 Å². The van der Waals surface area contributed by atoms with Crippen molar-refractivity contribution >= 4 is 11.0 Å². The molecule has 4 rings (SSSR count). The van der Waals surface area contributed by atoms with Gasteiger partial charge in [0.15, 0.2) is 0 Å². The van der Waals surface area contributed by atoms with Crippen molar-refractivity contribution in [3.05, 3.63) is 47.3 Å². The number of aliphatic hydroxyl groups excluding tert-OH is 1. The number of hydrogen-bond donors (Lipinski definition) is 1. The summed E-state index contributed by atoms with van der Waals surface area (Å²) >= 11 is 0. The van der Waals surface area contributed by atoms with Crippen molar-refractivity contribution in [2.45, 2.75) is 25.5 Å². The number of nitriles is 1. The zero-order valence-corrected chi connectivity index (χ0v) is 12.5. The van der Waals surface area contributed by atoms with Gasteiger partial charge in [0, 0.05) is 29.4 Å². The summed E-state index contributed by atoms with van der Waals surface area (Å²) in [4.78, 5) is 8.27. The van der Waals surface area contributed by atoms with Crippen LogP contribution in [0.5, 0.6) is 0 Å². The van der Waals surface area contributed by atoms with Crippen LogP contribution in [0.25, 0.3) is 22.4 Å². The highest BCUT2D eigenvalue weighted by Crippen LogP contribution is 2.42. The van der Waals surface area contributed by atoms with Crippen molar-refractivity contribution in [1.29, 1.82) is 5.26 Å². The third-order valence-electron chi connectivity index (χ3n) is 4.21. The van der Waals surface area contributed by atoms with Crippen molar-refractivity contribution in [1.82, 2.24) is 14.5 Å². The molecule has 5 nitrogen and oxygen atoms in total. The van der Waals surface area contributed by atoms with Gasteiger partial charge in [-0.1, -0.05) is 0 Å². The van der Waals surface area contributed by atoms with Gasteiger partial charge in [-0.15, -0.1) is 0 Å². The smallest absolute Gasteiger partial charge is 0.147 e. The van der Waals surface area contributed by atoms with Crippen LogP contribution in [0.1, 0.15) is 30.0 Å². The fourth-order valence-corrected chi connectivity index (χ4v) is 2.91. The van der Waals surface area contributed by atoms with Gasteiger partial charge in [0.25, 0.3) is 0 Å². The van der Waals surface area contributed by atoms with Gasteiger partial charge in [0.2, 0.25) is 0 Å². The zero-order chi connectivity index (χ0) is 16.8. The second-order valence-corrected chi connectivity index (χ2v) is 5.77. The van der Waals surface area contributed by atoms with Crippen LogP contribution in [0.4, 0.5) is 8.78 Å². The van der Waals surface area contributed by atoms with E-state index in [1.165, 1.54) is 18.3 Å². The molecule has 0 atom stereocenters. The SMILES string of the molecule is N#Cc1cc2c(cc1F)nc(-c1cncc(F)c1CO)n2C1CC1. The first kappa shape index (κ1) is 14.7. The van der Waals surface area contributed by atoms with E-state index in [-0.39, 0.29) is 17.2 Å². The average molecular weight is 326 g/mol. The van der Waals surface area contributed by atoms with E-state index in [1.807, 2.05) is 10.6 Å². The third kappa shape index (κ3) is 2.15. The van der Waals surface area contributed by atoms with Crippen molar-refractivity contribution in [3.8, 4) is 17.5 Å². The minimum Gasteiger partial charge on any atom is -0.392 e. The van der Waals surface area contributed by atoms with Crippen LogP contribution < -0.4 is 0 Å². The summed E-state index contributed by atoms with van der Waals surface area (Å²) in [5.74, 6) is -0.830. The number of pyridine rings is 1. The van der Waals surface area contributed by atoms with Crippen molar-refractivity contribution < 1.29 is 13.9 Å². The summed E-state index contributed by atoms with van der Waals surface area (Å²) in [6.07, 6.45) is 4.33. The molecule has 24 heavy (non-hydrogen) atoms. The molecule has 2 aromatic heterocycles. The molecule has 120 valence electrons. The highest BCUT2D eigenvalue weighted by Gasteiger charge is 2.30. The minimum atomic E-state index is -0.642. The molecule has 0 aliphatic heterocycles. The third-order valence-corrected chi connectivity index (χ3v) is 4.21. The first-order valence-electron chi connectivity index (χ1n) is 7.49. The molecule has 2 heterocycles. The molecule has 1 aliphatic carbocycles. The summed E-state index contributed by atoms with van der Waals surface area (Å²) < 4.78 is 29.7. The second-order valence-electron chi connectivity index (χ2n) is 5.77. The van der Waals surface area contributed by atoms with Crippen LogP contribution in [0, 0.1) is 23.0 Å². The molecule has 0 radical (unpaired) electrons. The molecule has 1 aromatic carbocycles. The molecule has 1 saturated carbocycles. The molecular weight excluding hydrogens is 314 g/mol. The number of rotatable bonds is 3. The van der Waals surface area contributed by atoms with Gasteiger partial charge in [-0.3, -0.25) is 4.98 Å². The first-order chi connectivity index (χ1) is 11.6. The lowest BCUT2D eigenvalue weighted by Crippen LogP contribution is -2.03. The quantitative estimate of drug-likeness (QED) is 0.802. The summed E-state index contributed by atoms with van der Waals surface area (Å²) in [7, 11) is 0. The molecule has 1 fully saturated rings. The van der Waals surface area contributed by atoms with Crippen molar-refractivity contribution in [3.63, 3.8) is 0 Å². The number of nitrogens with zero attached hydrogens (tertiary/aromatic N) is 4. The molecule has 0 bridgehead atoms. The summed E-state index contributed by atoms with van der Waals surface area (Å²) in [6, 6.07) is 4.66. The van der Waals surface area contributed by atoms with Crippen LogP contribution in [0.15, 0.2) is 24.5 Å². The molecule has 1 N–H and O–H groups in total. The van der Waals surface area contributed by atoms with Crippen LogP contribution in [-0.2, 0) is 6.61 Å². The molecule has 0 spiro atoms. The normalized spacial score (nSPS) is 14.1. The Kier molecular flexibility index (Phi) is 3.28. The van der Waals surface area contributed by atoms with Gasteiger partial charge in [-0.25, -0.2) is 13.8 Å². The van der Waals surface area contributed by atoms with Gasteiger partial charge in [0.05, 0.1) is 29.4 Å². The number of fused-ring (bicyclic) bond motifs is 1. The van der Waals surface area contributed by atoms with Crippen LogP contribution in [0.2, 0.25) is 0 Å². The predicted molar refractivity (Wildman–Crippen MR) is 81.8 cm³/mol. The Morgan fingerprint density at radius 1 is 1.25 bits per heavy atom. The summed E-state index contributed by atoms with van der Waals surface area (Å²) in [6.45, 7) is -0.491. The second kappa shape index (κ2) is 5.35. The number of imidazole rings is 1. The van der Waals surface area contributed by atoms with E-state index in [4.69, 9.17) is 5.26 Å². The van der Waals surface area contributed by atoms with Crippen LogP contribution >= 0.6 is 0 Å². The largest absolute Gasteiger partial charge is 0.392 e. The predicted octanol–water partition coefficient (Wildman–Crippen LogP) is 3.08. The Balaban J connectivity index is 2.05. The van der Waals surface area contributed by atoms with Crippen LogP contribution in [0.3, 0.4) is 0 Å². The van der Waals surface area contributed by atoms with E-state index >= 15 is 0 Å².